The second-order valence-corrected chi connectivity index (χ2v) is 2.19. The van der Waals surface area contributed by atoms with Gasteiger partial charge in [0.2, 0.25) is 0 Å². The number of hydrogen-bond acceptors (Lipinski definition) is 0. The summed E-state index contributed by atoms with van der Waals surface area (Å²) in [5.74, 6) is 0. The molecule has 0 aromatic heterocycles. The topological polar surface area (TPSA) is 0 Å². The molecule has 0 spiro atoms. The third-order valence-corrected chi connectivity index (χ3v) is 1.51. The van der Waals surface area contributed by atoms with Gasteiger partial charge in [-0.15, -0.1) is 6.08 Å². The van der Waals surface area contributed by atoms with Gasteiger partial charge in [-0.05, 0) is 0 Å². The first-order chi connectivity index (χ1) is 3.80. The highest BCUT2D eigenvalue weighted by atomic mass is 14.1. The maximum atomic E-state index is 3.87. The average molecular weight is 107 g/mol. The van der Waals surface area contributed by atoms with Crippen LogP contribution in [0.25, 0.3) is 0 Å². The summed E-state index contributed by atoms with van der Waals surface area (Å²) in [7, 11) is 0. The van der Waals surface area contributed by atoms with Crippen molar-refractivity contribution in [1.29, 1.82) is 0 Å². The first-order valence-corrected chi connectivity index (χ1v) is 3.00. The Morgan fingerprint density at radius 2 is 2.50 bits per heavy atom. The normalized spacial score (nSPS) is 19.6. The Morgan fingerprint density at radius 1 is 1.75 bits per heavy atom. The van der Waals surface area contributed by atoms with Crippen LogP contribution in [-0.2, 0) is 0 Å². The van der Waals surface area contributed by atoms with Crippen LogP contribution < -0.4 is 0 Å². The zero-order valence-electron chi connectivity index (χ0n) is 5.28. The van der Waals surface area contributed by atoms with Crippen LogP contribution in [0.4, 0.5) is 0 Å². The van der Waals surface area contributed by atoms with Crippen LogP contribution in [0, 0.1) is 6.42 Å². The van der Waals surface area contributed by atoms with Crippen molar-refractivity contribution < 1.29 is 0 Å². The Labute approximate surface area is 50.9 Å². The molecule has 0 aromatic carbocycles. The highest BCUT2D eigenvalue weighted by Gasteiger charge is 1.91. The molecule has 0 saturated carbocycles. The summed E-state index contributed by atoms with van der Waals surface area (Å²) >= 11 is 0. The van der Waals surface area contributed by atoms with Gasteiger partial charge >= 0.3 is 0 Å². The lowest BCUT2D eigenvalue weighted by molar-refractivity contribution is 0.941. The van der Waals surface area contributed by atoms with Crippen molar-refractivity contribution in [1.82, 2.24) is 0 Å². The van der Waals surface area contributed by atoms with Crippen LogP contribution in [0.15, 0.2) is 23.8 Å². The van der Waals surface area contributed by atoms with Crippen LogP contribution >= 0.6 is 0 Å². The molecule has 0 heterocycles. The standard InChI is InChI=1S/C8H11/c1-7-5-3-4-6-8(7)2/h5-6H,1,3-4H2,2H3/q-1. The monoisotopic (exact) mass is 107 g/mol. The third-order valence-electron chi connectivity index (χ3n) is 1.51. The third kappa shape index (κ3) is 0.945. The largest absolute Gasteiger partial charge is 0.199 e. The molecule has 0 fully saturated rings. The molecule has 0 radical (unpaired) electrons. The number of rotatable bonds is 0. The van der Waals surface area contributed by atoms with Gasteiger partial charge in [0.1, 0.15) is 0 Å². The second kappa shape index (κ2) is 2.08. The van der Waals surface area contributed by atoms with E-state index in [0.29, 0.717) is 0 Å². The van der Waals surface area contributed by atoms with E-state index in [1.807, 2.05) is 0 Å². The van der Waals surface area contributed by atoms with Crippen LogP contribution in [0.1, 0.15) is 19.8 Å². The Kier molecular flexibility index (Phi) is 1.43. The van der Waals surface area contributed by atoms with Gasteiger partial charge in [-0.25, -0.2) is 0 Å². The van der Waals surface area contributed by atoms with Crippen molar-refractivity contribution in [3.8, 4) is 0 Å². The van der Waals surface area contributed by atoms with Gasteiger partial charge < -0.3 is 0 Å². The molecule has 1 aliphatic carbocycles. The summed E-state index contributed by atoms with van der Waals surface area (Å²) in [5.41, 5.74) is 2.55. The van der Waals surface area contributed by atoms with E-state index in [4.69, 9.17) is 0 Å². The Morgan fingerprint density at radius 3 is 2.88 bits per heavy atom. The molecule has 8 heavy (non-hydrogen) atoms. The maximum Gasteiger partial charge on any atom is -0.0529 e. The van der Waals surface area contributed by atoms with Crippen molar-refractivity contribution in [3.05, 3.63) is 30.2 Å². The second-order valence-electron chi connectivity index (χ2n) is 2.19. The molecule has 0 N–H and O–H groups in total. The molecular formula is C8H11-. The minimum atomic E-state index is 1.18. The average Bonchev–Trinajstić information content (AvgIpc) is 1.77. The van der Waals surface area contributed by atoms with Crippen molar-refractivity contribution in [2.45, 2.75) is 19.8 Å². The number of allylic oxidation sites excluding steroid dienone is 3. The van der Waals surface area contributed by atoms with Gasteiger partial charge in [-0.3, -0.25) is 0 Å². The summed E-state index contributed by atoms with van der Waals surface area (Å²) in [6.45, 7) is 5.98. The fraction of sp³-hybridized carbons (Fsp3) is 0.375. The van der Waals surface area contributed by atoms with Gasteiger partial charge in [0.25, 0.3) is 0 Å². The molecule has 0 heteroatoms. The fourth-order valence-electron chi connectivity index (χ4n) is 0.849. The molecule has 1 rings (SSSR count). The van der Waals surface area contributed by atoms with Crippen LogP contribution in [-0.4, -0.2) is 0 Å². The molecular weight excluding hydrogens is 96.1 g/mol. The van der Waals surface area contributed by atoms with Gasteiger partial charge in [0, 0.05) is 0 Å². The smallest absolute Gasteiger partial charge is 0.0529 e. The quantitative estimate of drug-likeness (QED) is 0.417. The van der Waals surface area contributed by atoms with E-state index in [2.05, 4.69) is 26.0 Å². The zero-order chi connectivity index (χ0) is 5.98. The summed E-state index contributed by atoms with van der Waals surface area (Å²) < 4.78 is 0. The molecule has 0 saturated heterocycles. The molecule has 0 aromatic rings. The first-order valence-electron chi connectivity index (χ1n) is 3.00. The van der Waals surface area contributed by atoms with Crippen molar-refractivity contribution in [3.63, 3.8) is 0 Å². The van der Waals surface area contributed by atoms with E-state index < -0.39 is 0 Å². The Hall–Kier alpha value is -0.650. The van der Waals surface area contributed by atoms with Crippen molar-refractivity contribution in [2.75, 3.05) is 0 Å². The highest BCUT2D eigenvalue weighted by Crippen LogP contribution is 2.19. The Balaban J connectivity index is 2.67. The van der Waals surface area contributed by atoms with E-state index in [0.717, 1.165) is 0 Å². The maximum absolute atomic E-state index is 3.87. The van der Waals surface area contributed by atoms with Crippen molar-refractivity contribution in [2.24, 2.45) is 0 Å². The minimum absolute atomic E-state index is 1.18. The molecule has 44 valence electrons. The van der Waals surface area contributed by atoms with E-state index in [1.165, 1.54) is 24.0 Å². The van der Waals surface area contributed by atoms with Crippen LogP contribution in [0.5, 0.6) is 0 Å². The van der Waals surface area contributed by atoms with Crippen LogP contribution in [0.3, 0.4) is 0 Å². The molecule has 0 nitrogen and oxygen atoms in total. The fourth-order valence-corrected chi connectivity index (χ4v) is 0.849. The molecule has 0 bridgehead atoms. The van der Waals surface area contributed by atoms with Gasteiger partial charge in [0.15, 0.2) is 0 Å². The predicted molar refractivity (Wildman–Crippen MR) is 36.4 cm³/mol. The predicted octanol–water partition coefficient (Wildman–Crippen LogP) is 2.49. The molecule has 0 unspecified atom stereocenters. The summed E-state index contributed by atoms with van der Waals surface area (Å²) in [6, 6.07) is 0. The van der Waals surface area contributed by atoms with Gasteiger partial charge in [-0.2, -0.15) is 24.1 Å². The van der Waals surface area contributed by atoms with Crippen molar-refractivity contribution >= 4 is 0 Å². The lowest BCUT2D eigenvalue weighted by atomic mass is 9.96. The van der Waals surface area contributed by atoms with E-state index in [-0.39, 0.29) is 0 Å². The molecule has 0 amide bonds. The van der Waals surface area contributed by atoms with Gasteiger partial charge in [0.05, 0.1) is 0 Å². The lowest BCUT2D eigenvalue weighted by Gasteiger charge is -2.19. The highest BCUT2D eigenvalue weighted by molar-refractivity contribution is 5.35. The summed E-state index contributed by atoms with van der Waals surface area (Å²) in [4.78, 5) is 0. The molecule has 0 atom stereocenters. The Bertz CT molecular complexity index is 129. The van der Waals surface area contributed by atoms with E-state index in [1.54, 1.807) is 0 Å². The summed E-state index contributed by atoms with van der Waals surface area (Å²) in [5, 5.41) is 0. The lowest BCUT2D eigenvalue weighted by Crippen LogP contribution is -1.91. The van der Waals surface area contributed by atoms with Gasteiger partial charge in [-0.1, -0.05) is 19.8 Å². The zero-order valence-corrected chi connectivity index (χ0v) is 5.28. The van der Waals surface area contributed by atoms with Crippen LogP contribution in [0.2, 0.25) is 0 Å². The first kappa shape index (κ1) is 5.49. The number of hydrogen-bond donors (Lipinski definition) is 0. The molecule has 1 aliphatic rings. The summed E-state index contributed by atoms with van der Waals surface area (Å²) in [6.07, 6.45) is 6.80. The SMILES string of the molecule is C=C1[CH-]CCC=C1C. The molecule has 0 aliphatic heterocycles. The van der Waals surface area contributed by atoms with E-state index in [9.17, 15) is 0 Å². The van der Waals surface area contributed by atoms with E-state index >= 15 is 0 Å². The minimum Gasteiger partial charge on any atom is -0.199 e.